The summed E-state index contributed by atoms with van der Waals surface area (Å²) in [5.74, 6) is -1.82. The van der Waals surface area contributed by atoms with Gasteiger partial charge in [-0.05, 0) is 63.1 Å². The number of carbonyl (C=O) groups excluding carboxylic acids is 4. The van der Waals surface area contributed by atoms with E-state index in [1.54, 1.807) is 44.1 Å². The van der Waals surface area contributed by atoms with Crippen molar-refractivity contribution in [2.24, 2.45) is 0 Å². The van der Waals surface area contributed by atoms with Gasteiger partial charge in [0.05, 0.1) is 55.1 Å². The van der Waals surface area contributed by atoms with Crippen molar-refractivity contribution in [3.8, 4) is 11.5 Å². The number of rotatable bonds is 6. The van der Waals surface area contributed by atoms with Crippen LogP contribution in [-0.4, -0.2) is 86.9 Å². The minimum atomic E-state index is -0.658. The van der Waals surface area contributed by atoms with E-state index in [-0.39, 0.29) is 67.9 Å². The van der Waals surface area contributed by atoms with Gasteiger partial charge in [0.2, 0.25) is 5.91 Å². The summed E-state index contributed by atoms with van der Waals surface area (Å²) in [5, 5.41) is 9.62. The van der Waals surface area contributed by atoms with E-state index in [9.17, 15) is 23.6 Å². The van der Waals surface area contributed by atoms with Crippen LogP contribution in [0.2, 0.25) is 0 Å². The van der Waals surface area contributed by atoms with Crippen LogP contribution in [0.4, 0.5) is 4.39 Å². The molecule has 0 spiro atoms. The van der Waals surface area contributed by atoms with E-state index >= 15 is 0 Å². The van der Waals surface area contributed by atoms with E-state index in [1.165, 1.54) is 35.2 Å². The number of ether oxygens (including phenoxy) is 2. The van der Waals surface area contributed by atoms with Crippen molar-refractivity contribution in [1.29, 1.82) is 0 Å². The SMILES string of the molecule is CCCN1CC(=O)N[C@@H]2CN(C(=O)c3c(C)noc3C)C[C@H]2OCc2cc(F)cc(c2)Oc2cc(C(=O)NCc3cnc(C)cn3)cc(c2)C1=O. The number of carbonyl (C=O) groups is 4. The van der Waals surface area contributed by atoms with Crippen LogP contribution in [0.25, 0.3) is 0 Å². The highest BCUT2D eigenvalue weighted by atomic mass is 19.1. The Morgan fingerprint density at radius 1 is 1.02 bits per heavy atom. The number of aromatic nitrogens is 3. The van der Waals surface area contributed by atoms with E-state index in [0.717, 1.165) is 5.69 Å². The quantitative estimate of drug-likeness (QED) is 0.303. The molecule has 4 heterocycles. The fourth-order valence-electron chi connectivity index (χ4n) is 6.12. The first-order chi connectivity index (χ1) is 24.5. The first-order valence-electron chi connectivity index (χ1n) is 16.6. The third kappa shape index (κ3) is 8.20. The fourth-order valence-corrected chi connectivity index (χ4v) is 6.12. The molecule has 4 aromatic rings. The summed E-state index contributed by atoms with van der Waals surface area (Å²) >= 11 is 0. The smallest absolute Gasteiger partial charge is 0.259 e. The molecule has 0 radical (unpaired) electrons. The van der Waals surface area contributed by atoms with Crippen LogP contribution in [0.5, 0.6) is 11.5 Å². The normalized spacial score (nSPS) is 17.8. The van der Waals surface area contributed by atoms with E-state index < -0.39 is 35.7 Å². The number of nitrogens with zero attached hydrogens (tertiary/aromatic N) is 5. The maximum atomic E-state index is 14.9. The largest absolute Gasteiger partial charge is 0.457 e. The van der Waals surface area contributed by atoms with Crippen molar-refractivity contribution in [2.75, 3.05) is 26.2 Å². The fraction of sp³-hybridized carbons (Fsp3) is 0.361. The van der Waals surface area contributed by atoms with Crippen LogP contribution in [0.1, 0.15) is 72.8 Å². The van der Waals surface area contributed by atoms with E-state index in [1.807, 2.05) is 6.92 Å². The van der Waals surface area contributed by atoms with Gasteiger partial charge in [-0.15, -0.1) is 0 Å². The van der Waals surface area contributed by atoms with Crippen molar-refractivity contribution in [1.82, 2.24) is 35.6 Å². The number of fused-ring (bicyclic) bond motifs is 5. The Labute approximate surface area is 293 Å². The van der Waals surface area contributed by atoms with Crippen molar-refractivity contribution in [2.45, 2.75) is 59.4 Å². The average Bonchev–Trinajstić information content (AvgIpc) is 3.66. The zero-order valence-corrected chi connectivity index (χ0v) is 28.7. The highest BCUT2D eigenvalue weighted by Gasteiger charge is 2.39. The number of hydrogen-bond donors (Lipinski definition) is 2. The minimum absolute atomic E-state index is 0.0610. The third-order valence-corrected chi connectivity index (χ3v) is 8.57. The number of benzene rings is 2. The lowest BCUT2D eigenvalue weighted by Crippen LogP contribution is -2.49. The molecule has 0 aliphatic carbocycles. The van der Waals surface area contributed by atoms with Gasteiger partial charge in [-0.25, -0.2) is 4.39 Å². The second-order valence-electron chi connectivity index (χ2n) is 12.6. The Bertz CT molecular complexity index is 1950. The molecule has 14 nitrogen and oxygen atoms in total. The summed E-state index contributed by atoms with van der Waals surface area (Å²) in [6, 6.07) is 7.73. The molecule has 2 atom stereocenters. The maximum Gasteiger partial charge on any atom is 0.259 e. The molecule has 2 aliphatic heterocycles. The van der Waals surface area contributed by atoms with Crippen LogP contribution >= 0.6 is 0 Å². The molecule has 2 aromatic carbocycles. The first kappa shape index (κ1) is 35.1. The predicted molar refractivity (Wildman–Crippen MR) is 179 cm³/mol. The molecular weight excluding hydrogens is 661 g/mol. The molecule has 6 rings (SSSR count). The Hall–Kier alpha value is -5.70. The summed E-state index contributed by atoms with van der Waals surface area (Å²) in [7, 11) is 0. The molecule has 51 heavy (non-hydrogen) atoms. The molecule has 15 heteroatoms. The van der Waals surface area contributed by atoms with Crippen LogP contribution in [0.3, 0.4) is 0 Å². The lowest BCUT2D eigenvalue weighted by atomic mass is 10.1. The molecule has 4 bridgehead atoms. The van der Waals surface area contributed by atoms with E-state index in [0.29, 0.717) is 34.7 Å². The Kier molecular flexibility index (Phi) is 10.4. The number of likely N-dealkylation sites (tertiary alicyclic amines) is 1. The van der Waals surface area contributed by atoms with Gasteiger partial charge in [0.15, 0.2) is 0 Å². The summed E-state index contributed by atoms with van der Waals surface area (Å²) in [6.07, 6.45) is 3.03. The monoisotopic (exact) mass is 699 g/mol. The van der Waals surface area contributed by atoms with Crippen molar-refractivity contribution < 1.29 is 37.6 Å². The van der Waals surface area contributed by atoms with Crippen LogP contribution in [0, 0.1) is 26.6 Å². The number of aryl methyl sites for hydroxylation is 3. The molecule has 4 amide bonds. The van der Waals surface area contributed by atoms with Crippen LogP contribution in [0.15, 0.2) is 53.3 Å². The first-order valence-corrected chi connectivity index (χ1v) is 16.6. The molecule has 0 saturated carbocycles. The molecule has 1 fully saturated rings. The summed E-state index contributed by atoms with van der Waals surface area (Å²) < 4.78 is 32.4. The molecule has 2 N–H and O–H groups in total. The minimum Gasteiger partial charge on any atom is -0.457 e. The number of hydrogen-bond acceptors (Lipinski definition) is 10. The third-order valence-electron chi connectivity index (χ3n) is 8.57. The highest BCUT2D eigenvalue weighted by molar-refractivity contribution is 6.01. The van der Waals surface area contributed by atoms with Gasteiger partial charge in [-0.1, -0.05) is 12.1 Å². The summed E-state index contributed by atoms with van der Waals surface area (Å²) in [4.78, 5) is 65.8. The summed E-state index contributed by atoms with van der Waals surface area (Å²) in [6.45, 7) is 7.21. The van der Waals surface area contributed by atoms with Gasteiger partial charge in [0.1, 0.15) is 28.6 Å². The van der Waals surface area contributed by atoms with Gasteiger partial charge >= 0.3 is 0 Å². The zero-order chi connectivity index (χ0) is 36.2. The predicted octanol–water partition coefficient (Wildman–Crippen LogP) is 3.64. The van der Waals surface area contributed by atoms with Crippen molar-refractivity contribution in [3.63, 3.8) is 0 Å². The summed E-state index contributed by atoms with van der Waals surface area (Å²) in [5.41, 5.74) is 2.68. The lowest BCUT2D eigenvalue weighted by Gasteiger charge is -2.25. The van der Waals surface area contributed by atoms with Gasteiger partial charge in [0.25, 0.3) is 17.7 Å². The Morgan fingerprint density at radius 3 is 2.55 bits per heavy atom. The number of nitrogens with one attached hydrogen (secondary N) is 2. The van der Waals surface area contributed by atoms with Gasteiger partial charge in [-0.3, -0.25) is 29.1 Å². The van der Waals surface area contributed by atoms with Crippen LogP contribution < -0.4 is 15.4 Å². The molecule has 266 valence electrons. The zero-order valence-electron chi connectivity index (χ0n) is 28.7. The molecule has 0 unspecified atom stereocenters. The van der Waals surface area contributed by atoms with Crippen molar-refractivity contribution >= 4 is 23.6 Å². The van der Waals surface area contributed by atoms with Gasteiger partial charge in [-0.2, -0.15) is 0 Å². The lowest BCUT2D eigenvalue weighted by molar-refractivity contribution is -0.123. The van der Waals surface area contributed by atoms with Gasteiger partial charge in [0, 0.05) is 43.0 Å². The average molecular weight is 700 g/mol. The highest BCUT2D eigenvalue weighted by Crippen LogP contribution is 2.28. The van der Waals surface area contributed by atoms with Gasteiger partial charge < -0.3 is 34.4 Å². The standard InChI is InChI=1S/C36H38FN7O7/c1-5-6-43-18-32(45)41-30-16-44(36(48)33-21(3)42-51-22(33)4)17-31(30)49-19-23-7-26(37)12-28(8-23)50-29-10-24(9-25(11-29)35(43)47)34(46)40-15-27-14-38-20(2)13-39-27/h7-14,30-31H,5-6,15-19H2,1-4H3,(H,40,46)(H,41,45)/t30-,31-/m1/s1. The topological polar surface area (TPSA) is 169 Å². The Balaban J connectivity index is 1.31. The second kappa shape index (κ2) is 15.0. The molecule has 2 aliphatic rings. The van der Waals surface area contributed by atoms with Crippen molar-refractivity contribution in [3.05, 3.63) is 99.7 Å². The molecule has 1 saturated heterocycles. The molecule has 2 aromatic heterocycles. The maximum absolute atomic E-state index is 14.9. The number of halogens is 1. The number of amides is 4. The second-order valence-corrected chi connectivity index (χ2v) is 12.6. The van der Waals surface area contributed by atoms with Crippen LogP contribution in [-0.2, 0) is 22.7 Å². The van der Waals surface area contributed by atoms with E-state index in [2.05, 4.69) is 25.8 Å². The Morgan fingerprint density at radius 2 is 1.82 bits per heavy atom. The van der Waals surface area contributed by atoms with E-state index in [4.69, 9.17) is 14.0 Å². The molecular formula is C36H38FN7O7.